The highest BCUT2D eigenvalue weighted by Crippen LogP contribution is 2.36. The van der Waals surface area contributed by atoms with Gasteiger partial charge in [0, 0.05) is 41.0 Å². The number of nitrogens with zero attached hydrogens (tertiary/aromatic N) is 1. The smallest absolute Gasteiger partial charge is 0.123 e. The van der Waals surface area contributed by atoms with Crippen molar-refractivity contribution in [3.05, 3.63) is 206 Å². The van der Waals surface area contributed by atoms with Crippen molar-refractivity contribution in [2.24, 2.45) is 0 Å². The molecular weight excluding hydrogens is 893 g/mol. The second kappa shape index (κ2) is 18.8. The van der Waals surface area contributed by atoms with Gasteiger partial charge >= 0.3 is 0 Å². The summed E-state index contributed by atoms with van der Waals surface area (Å²) in [5.74, 6) is -0.461. The molecule has 2 nitrogen and oxygen atoms in total. The van der Waals surface area contributed by atoms with Crippen LogP contribution in [0.2, 0.25) is 0 Å². The summed E-state index contributed by atoms with van der Waals surface area (Å²) in [6.45, 7) is 0. The normalized spacial score (nSPS) is 10.2. The first-order chi connectivity index (χ1) is 24.8. The van der Waals surface area contributed by atoms with Gasteiger partial charge in [0.25, 0.3) is 0 Å². The number of anilines is 5. The summed E-state index contributed by atoms with van der Waals surface area (Å²) in [6.07, 6.45) is 0. The summed E-state index contributed by atoms with van der Waals surface area (Å²) in [5.41, 5.74) is 4.85. The molecule has 0 saturated heterocycles. The molecule has 0 unspecified atom stereocenters. The van der Waals surface area contributed by atoms with Crippen LogP contribution in [0.5, 0.6) is 0 Å². The molecule has 0 aliphatic rings. The Morgan fingerprint density at radius 1 is 0.423 bits per heavy atom. The van der Waals surface area contributed by atoms with Gasteiger partial charge in [0.15, 0.2) is 0 Å². The summed E-state index contributed by atoms with van der Waals surface area (Å²) in [7, 11) is 0. The second-order valence-corrected chi connectivity index (χ2v) is 14.5. The number of rotatable bonds is 5. The fraction of sp³-hybridized carbons (Fsp3) is 0.0222. The van der Waals surface area contributed by atoms with Crippen LogP contribution in [0.3, 0.4) is 0 Å². The van der Waals surface area contributed by atoms with Crippen LogP contribution in [-0.2, 0) is 0 Å². The zero-order valence-electron chi connectivity index (χ0n) is 27.2. The Hall–Kier alpha value is -4.57. The van der Waals surface area contributed by atoms with E-state index in [1.54, 1.807) is 24.3 Å². The Morgan fingerprint density at radius 2 is 0.827 bits per heavy atom. The highest BCUT2D eigenvalue weighted by Gasteiger charge is 2.13. The number of hydrogen-bond donors (Lipinski definition) is 1. The Morgan fingerprint density at radius 3 is 1.37 bits per heavy atom. The van der Waals surface area contributed by atoms with E-state index >= 15 is 0 Å². The van der Waals surface area contributed by atoms with E-state index in [0.717, 1.165) is 37.4 Å². The van der Waals surface area contributed by atoms with Crippen LogP contribution in [0.4, 0.5) is 37.2 Å². The third-order valence-corrected chi connectivity index (χ3v) is 9.62. The van der Waals surface area contributed by atoms with Crippen molar-refractivity contribution in [3.8, 4) is 0 Å². The van der Waals surface area contributed by atoms with Crippen molar-refractivity contribution < 1.29 is 8.78 Å². The lowest BCUT2D eigenvalue weighted by atomic mass is 10.1. The maximum atomic E-state index is 13.4. The highest BCUT2D eigenvalue weighted by molar-refractivity contribution is 14.1. The van der Waals surface area contributed by atoms with Crippen LogP contribution in [0.15, 0.2) is 191 Å². The average molecular weight is 928 g/mol. The van der Waals surface area contributed by atoms with E-state index in [-0.39, 0.29) is 19.1 Å². The molecule has 1 N–H and O–H groups in total. The third-order valence-electron chi connectivity index (χ3n) is 7.85. The number of nitrogens with one attached hydrogen (secondary N) is 1. The van der Waals surface area contributed by atoms with Crippen LogP contribution < -0.4 is 10.2 Å². The van der Waals surface area contributed by atoms with E-state index in [2.05, 4.69) is 131 Å². The van der Waals surface area contributed by atoms with E-state index in [0.29, 0.717) is 0 Å². The van der Waals surface area contributed by atoms with E-state index in [9.17, 15) is 8.78 Å². The van der Waals surface area contributed by atoms with Crippen molar-refractivity contribution in [3.63, 3.8) is 0 Å². The SMILES string of the molecule is Brc1ccc(I)cc1.C.Fc1ccc(N(c2ccc(Br)cc2)c2ccc3ccccc3c2)cc1.Fc1ccc(Nc2ccc3ccccc3c2)cc1. The van der Waals surface area contributed by atoms with E-state index in [4.69, 9.17) is 0 Å². The highest BCUT2D eigenvalue weighted by atomic mass is 127. The summed E-state index contributed by atoms with van der Waals surface area (Å²) in [6, 6.07) is 58.2. The van der Waals surface area contributed by atoms with Gasteiger partial charge < -0.3 is 10.2 Å². The molecular formula is C45H35Br2F2IN2. The number of hydrogen-bond acceptors (Lipinski definition) is 2. The van der Waals surface area contributed by atoms with E-state index in [1.165, 1.54) is 49.4 Å². The molecule has 7 heteroatoms. The molecule has 0 bridgehead atoms. The minimum Gasteiger partial charge on any atom is -0.356 e. The van der Waals surface area contributed by atoms with Crippen molar-refractivity contribution in [2.45, 2.75) is 7.43 Å². The van der Waals surface area contributed by atoms with Crippen molar-refractivity contribution in [1.82, 2.24) is 0 Å². The molecule has 0 atom stereocenters. The zero-order valence-corrected chi connectivity index (χ0v) is 32.5. The quantitative estimate of drug-likeness (QED) is 0.173. The van der Waals surface area contributed by atoms with Crippen LogP contribution in [0.1, 0.15) is 7.43 Å². The molecule has 8 aromatic carbocycles. The minimum atomic E-state index is -0.238. The molecule has 52 heavy (non-hydrogen) atoms. The molecule has 0 radical (unpaired) electrons. The van der Waals surface area contributed by atoms with Gasteiger partial charge in [0.1, 0.15) is 11.6 Å². The van der Waals surface area contributed by atoms with Crippen molar-refractivity contribution >= 4 is 104 Å². The standard InChI is InChI=1S/C22H15BrFN.C16H12FN.C6H4BrI.CH4/c23-18-6-11-20(12-7-18)25(21-13-8-19(24)9-14-21)22-10-5-16-3-1-2-4-17(16)15-22;17-14-6-9-15(10-7-14)18-16-8-5-12-3-1-2-4-13(12)11-16;7-5-1-3-6(8)4-2-5;/h1-15H;1-11,18H;1-4H;1H4. The Labute approximate surface area is 334 Å². The number of halogens is 5. The summed E-state index contributed by atoms with van der Waals surface area (Å²) in [5, 5.41) is 8.02. The van der Waals surface area contributed by atoms with Crippen LogP contribution in [0, 0.1) is 15.2 Å². The van der Waals surface area contributed by atoms with Crippen molar-refractivity contribution in [2.75, 3.05) is 10.2 Å². The van der Waals surface area contributed by atoms with Gasteiger partial charge in [0.2, 0.25) is 0 Å². The van der Waals surface area contributed by atoms with Crippen LogP contribution in [0.25, 0.3) is 21.5 Å². The maximum Gasteiger partial charge on any atom is 0.123 e. The summed E-state index contributed by atoms with van der Waals surface area (Å²) < 4.78 is 29.6. The first-order valence-electron chi connectivity index (χ1n) is 16.0. The lowest BCUT2D eigenvalue weighted by Crippen LogP contribution is -2.09. The third kappa shape index (κ3) is 10.7. The molecule has 0 amide bonds. The molecule has 0 saturated carbocycles. The number of benzene rings is 8. The molecule has 0 aliphatic heterocycles. The topological polar surface area (TPSA) is 15.3 Å². The lowest BCUT2D eigenvalue weighted by Gasteiger charge is -2.25. The first-order valence-corrected chi connectivity index (χ1v) is 18.7. The lowest BCUT2D eigenvalue weighted by molar-refractivity contribution is 0.627. The fourth-order valence-electron chi connectivity index (χ4n) is 5.34. The summed E-state index contributed by atoms with van der Waals surface area (Å²) in [4.78, 5) is 2.12. The van der Waals surface area contributed by atoms with Crippen LogP contribution in [-0.4, -0.2) is 0 Å². The van der Waals surface area contributed by atoms with Gasteiger partial charge in [-0.25, -0.2) is 8.78 Å². The summed E-state index contributed by atoms with van der Waals surface area (Å²) >= 11 is 9.10. The van der Waals surface area contributed by atoms with E-state index < -0.39 is 0 Å². The fourth-order valence-corrected chi connectivity index (χ4v) is 6.23. The van der Waals surface area contributed by atoms with Gasteiger partial charge in [0.05, 0.1) is 0 Å². The second-order valence-electron chi connectivity index (χ2n) is 11.4. The first kappa shape index (κ1) is 38.7. The monoisotopic (exact) mass is 926 g/mol. The van der Waals surface area contributed by atoms with Crippen molar-refractivity contribution in [1.29, 1.82) is 0 Å². The molecule has 0 aliphatic carbocycles. The predicted molar refractivity (Wildman–Crippen MR) is 234 cm³/mol. The predicted octanol–water partition coefficient (Wildman–Crippen LogP) is 15.6. The average Bonchev–Trinajstić information content (AvgIpc) is 3.16. The largest absolute Gasteiger partial charge is 0.356 e. The van der Waals surface area contributed by atoms with Gasteiger partial charge in [-0.1, -0.05) is 100.0 Å². The molecule has 0 spiro atoms. The minimum absolute atomic E-state index is 0. The molecule has 8 rings (SSSR count). The maximum absolute atomic E-state index is 13.4. The molecule has 260 valence electrons. The zero-order chi connectivity index (χ0) is 35.6. The van der Waals surface area contributed by atoms with Gasteiger partial charge in [-0.15, -0.1) is 0 Å². The Kier molecular flexibility index (Phi) is 14.0. The van der Waals surface area contributed by atoms with Gasteiger partial charge in [-0.05, 0) is 165 Å². The molecule has 0 fully saturated rings. The number of fused-ring (bicyclic) bond motifs is 2. The van der Waals surface area contributed by atoms with Gasteiger partial charge in [-0.2, -0.15) is 0 Å². The van der Waals surface area contributed by atoms with Gasteiger partial charge in [-0.3, -0.25) is 0 Å². The molecule has 0 heterocycles. The Balaban J connectivity index is 0.000000169. The van der Waals surface area contributed by atoms with Crippen LogP contribution >= 0.6 is 54.5 Å². The molecule has 0 aromatic heterocycles. The Bertz CT molecular complexity index is 2270. The van der Waals surface area contributed by atoms with E-state index in [1.807, 2.05) is 66.7 Å². The molecule has 8 aromatic rings.